The Bertz CT molecular complexity index is 553. The lowest BCUT2D eigenvalue weighted by atomic mass is 10.1. The second-order valence-corrected chi connectivity index (χ2v) is 3.82. The first kappa shape index (κ1) is 12.7. The smallest absolute Gasteiger partial charge is 0.347 e. The summed E-state index contributed by atoms with van der Waals surface area (Å²) in [7, 11) is 0. The molecule has 0 aromatic carbocycles. The van der Waals surface area contributed by atoms with Gasteiger partial charge in [-0.2, -0.15) is 4.68 Å². The van der Waals surface area contributed by atoms with Gasteiger partial charge in [-0.15, -0.1) is 5.10 Å². The van der Waals surface area contributed by atoms with Gasteiger partial charge < -0.3 is 25.8 Å². The molecular formula is C8H12N4O6. The second kappa shape index (κ2) is 4.49. The Morgan fingerprint density at radius 3 is 2.61 bits per heavy atom. The van der Waals surface area contributed by atoms with Crippen LogP contribution in [0.15, 0.2) is 9.59 Å². The molecule has 1 aliphatic heterocycles. The minimum Gasteiger partial charge on any atom is -0.394 e. The molecule has 2 rings (SSSR count). The molecule has 0 aliphatic carbocycles. The predicted molar refractivity (Wildman–Crippen MR) is 56.5 cm³/mol. The van der Waals surface area contributed by atoms with Gasteiger partial charge in [0.1, 0.15) is 18.3 Å². The number of nitrogens with one attached hydrogen (secondary N) is 1. The molecule has 4 atom stereocenters. The molecular weight excluding hydrogens is 248 g/mol. The molecule has 100 valence electrons. The van der Waals surface area contributed by atoms with Crippen molar-refractivity contribution in [3.63, 3.8) is 0 Å². The van der Waals surface area contributed by atoms with Gasteiger partial charge in [0.15, 0.2) is 6.23 Å². The topological polar surface area (TPSA) is 164 Å². The highest BCUT2D eigenvalue weighted by Gasteiger charge is 2.44. The van der Waals surface area contributed by atoms with Crippen molar-refractivity contribution in [1.82, 2.24) is 14.8 Å². The lowest BCUT2D eigenvalue weighted by Crippen LogP contribution is -2.40. The second-order valence-electron chi connectivity index (χ2n) is 3.82. The fraction of sp³-hybridized carbons (Fsp3) is 0.625. The van der Waals surface area contributed by atoms with E-state index in [-0.39, 0.29) is 0 Å². The minimum atomic E-state index is -1.47. The number of anilines is 1. The van der Waals surface area contributed by atoms with Crippen molar-refractivity contribution in [1.29, 1.82) is 0 Å². The molecule has 1 aromatic heterocycles. The molecule has 0 bridgehead atoms. The highest BCUT2D eigenvalue weighted by atomic mass is 16.6. The van der Waals surface area contributed by atoms with E-state index in [4.69, 9.17) is 15.6 Å². The van der Waals surface area contributed by atoms with E-state index in [0.29, 0.717) is 4.68 Å². The molecule has 0 saturated carbocycles. The van der Waals surface area contributed by atoms with Crippen molar-refractivity contribution in [2.24, 2.45) is 0 Å². The van der Waals surface area contributed by atoms with Gasteiger partial charge in [-0.05, 0) is 0 Å². The number of aliphatic hydroxyl groups excluding tert-OH is 3. The number of aromatic amines is 1. The Labute approximate surface area is 99.2 Å². The zero-order chi connectivity index (χ0) is 13.4. The summed E-state index contributed by atoms with van der Waals surface area (Å²) in [6, 6.07) is 0. The van der Waals surface area contributed by atoms with Crippen LogP contribution in [-0.2, 0) is 4.74 Å². The Morgan fingerprint density at radius 1 is 1.39 bits per heavy atom. The lowest BCUT2D eigenvalue weighted by molar-refractivity contribution is -0.0615. The number of hydrogen-bond donors (Lipinski definition) is 5. The summed E-state index contributed by atoms with van der Waals surface area (Å²) in [5.74, 6) is -0.479. The summed E-state index contributed by atoms with van der Waals surface area (Å²) in [6.07, 6.45) is -5.23. The first-order valence-electron chi connectivity index (χ1n) is 5.06. The van der Waals surface area contributed by atoms with Crippen LogP contribution >= 0.6 is 0 Å². The fourth-order valence-electron chi connectivity index (χ4n) is 1.68. The summed E-state index contributed by atoms with van der Waals surface area (Å²) in [6.45, 7) is -0.539. The van der Waals surface area contributed by atoms with Crippen molar-refractivity contribution in [2.45, 2.75) is 24.5 Å². The van der Waals surface area contributed by atoms with Gasteiger partial charge >= 0.3 is 5.69 Å². The zero-order valence-corrected chi connectivity index (χ0v) is 9.05. The van der Waals surface area contributed by atoms with Crippen molar-refractivity contribution in [3.05, 3.63) is 20.8 Å². The van der Waals surface area contributed by atoms with E-state index in [0.717, 1.165) is 0 Å². The van der Waals surface area contributed by atoms with Crippen LogP contribution in [0.1, 0.15) is 6.23 Å². The number of H-pyrrole nitrogens is 1. The third-order valence-electron chi connectivity index (χ3n) is 2.63. The molecule has 1 fully saturated rings. The van der Waals surface area contributed by atoms with Gasteiger partial charge in [0.25, 0.3) is 5.56 Å². The fourth-order valence-corrected chi connectivity index (χ4v) is 1.68. The van der Waals surface area contributed by atoms with Gasteiger partial charge in [-0.3, -0.25) is 9.78 Å². The lowest BCUT2D eigenvalue weighted by Gasteiger charge is -2.15. The minimum absolute atomic E-state index is 0.479. The molecule has 2 heterocycles. The summed E-state index contributed by atoms with van der Waals surface area (Å²) in [4.78, 5) is 24.4. The first-order valence-corrected chi connectivity index (χ1v) is 5.06. The van der Waals surface area contributed by atoms with Crippen LogP contribution in [0.3, 0.4) is 0 Å². The van der Waals surface area contributed by atoms with Crippen LogP contribution < -0.4 is 17.0 Å². The highest BCUT2D eigenvalue weighted by molar-refractivity contribution is 5.19. The molecule has 10 heteroatoms. The van der Waals surface area contributed by atoms with Crippen LogP contribution in [0.2, 0.25) is 0 Å². The number of nitrogen functional groups attached to an aromatic ring is 1. The molecule has 18 heavy (non-hydrogen) atoms. The van der Waals surface area contributed by atoms with E-state index in [1.165, 1.54) is 0 Å². The van der Waals surface area contributed by atoms with E-state index in [1.54, 1.807) is 0 Å². The molecule has 1 aromatic rings. The SMILES string of the molecule is Nc1nn(C2OC(CO)C(O)C2O)c(=O)[nH]c1=O. The van der Waals surface area contributed by atoms with Crippen LogP contribution in [0, 0.1) is 0 Å². The van der Waals surface area contributed by atoms with Gasteiger partial charge in [0, 0.05) is 0 Å². The molecule has 0 amide bonds. The van der Waals surface area contributed by atoms with Gasteiger partial charge in [0.05, 0.1) is 6.61 Å². The van der Waals surface area contributed by atoms with Gasteiger partial charge in [0.2, 0.25) is 5.82 Å². The predicted octanol–water partition coefficient (Wildman–Crippen LogP) is -3.87. The molecule has 1 saturated heterocycles. The third-order valence-corrected chi connectivity index (χ3v) is 2.63. The molecule has 6 N–H and O–H groups in total. The Balaban J connectivity index is 2.42. The standard InChI is InChI=1S/C8H12N4O6/c9-5-6(16)10-8(17)12(11-5)7-4(15)3(14)2(1-13)18-7/h2-4,7,13-15H,1H2,(H2,9,11)(H,10,16,17). The van der Waals surface area contributed by atoms with E-state index in [9.17, 15) is 19.8 Å². The normalized spacial score (nSPS) is 31.7. The molecule has 0 spiro atoms. The number of aliphatic hydroxyl groups is 3. The van der Waals surface area contributed by atoms with Crippen LogP contribution in [0.5, 0.6) is 0 Å². The summed E-state index contributed by atoms with van der Waals surface area (Å²) >= 11 is 0. The number of ether oxygens (including phenoxy) is 1. The number of aromatic nitrogens is 3. The number of nitrogens with two attached hydrogens (primary N) is 1. The molecule has 10 nitrogen and oxygen atoms in total. The maximum absolute atomic E-state index is 11.5. The van der Waals surface area contributed by atoms with E-state index in [1.807, 2.05) is 4.98 Å². The van der Waals surface area contributed by atoms with Crippen LogP contribution in [0.4, 0.5) is 5.82 Å². The van der Waals surface area contributed by atoms with Gasteiger partial charge in [-0.25, -0.2) is 4.79 Å². The maximum atomic E-state index is 11.5. The van der Waals surface area contributed by atoms with E-state index >= 15 is 0 Å². The zero-order valence-electron chi connectivity index (χ0n) is 9.05. The highest BCUT2D eigenvalue weighted by Crippen LogP contribution is 2.27. The van der Waals surface area contributed by atoms with Crippen molar-refractivity contribution in [2.75, 3.05) is 12.3 Å². The van der Waals surface area contributed by atoms with Crippen LogP contribution in [0.25, 0.3) is 0 Å². The van der Waals surface area contributed by atoms with E-state index in [2.05, 4.69) is 5.10 Å². The van der Waals surface area contributed by atoms with Gasteiger partial charge in [-0.1, -0.05) is 0 Å². The quantitative estimate of drug-likeness (QED) is 0.360. The molecule has 0 radical (unpaired) electrons. The van der Waals surface area contributed by atoms with E-state index < -0.39 is 48.2 Å². The summed E-state index contributed by atoms with van der Waals surface area (Å²) in [5.41, 5.74) is 3.44. The van der Waals surface area contributed by atoms with Crippen molar-refractivity contribution >= 4 is 5.82 Å². The maximum Gasteiger partial charge on any atom is 0.347 e. The average molecular weight is 260 g/mol. The monoisotopic (exact) mass is 260 g/mol. The summed E-state index contributed by atoms with van der Waals surface area (Å²) < 4.78 is 5.68. The largest absolute Gasteiger partial charge is 0.394 e. The van der Waals surface area contributed by atoms with Crippen molar-refractivity contribution in [3.8, 4) is 0 Å². The van der Waals surface area contributed by atoms with Crippen LogP contribution in [-0.4, -0.2) is 55.0 Å². The number of rotatable bonds is 2. The Kier molecular flexibility index (Phi) is 3.17. The first-order chi connectivity index (χ1) is 8.45. The summed E-state index contributed by atoms with van der Waals surface area (Å²) in [5, 5.41) is 31.6. The third kappa shape index (κ3) is 1.90. The Morgan fingerprint density at radius 2 is 2.06 bits per heavy atom. The number of nitrogens with zero attached hydrogens (tertiary/aromatic N) is 2. The molecule has 4 unspecified atom stereocenters. The Hall–Kier alpha value is -1.75. The van der Waals surface area contributed by atoms with Crippen molar-refractivity contribution < 1.29 is 20.1 Å². The average Bonchev–Trinajstić information content (AvgIpc) is 2.61. The molecule has 1 aliphatic rings. The number of hydrogen-bond acceptors (Lipinski definition) is 8.